The van der Waals surface area contributed by atoms with E-state index < -0.39 is 6.03 Å². The number of fused-ring (bicyclic) bond motifs is 1. The normalized spacial score (nSPS) is 10.2. The van der Waals surface area contributed by atoms with Gasteiger partial charge in [0.15, 0.2) is 0 Å². The van der Waals surface area contributed by atoms with E-state index in [1.807, 2.05) is 12.1 Å². The van der Waals surface area contributed by atoms with Gasteiger partial charge in [-0.2, -0.15) is 4.37 Å². The molecule has 1 heterocycles. The van der Waals surface area contributed by atoms with E-state index in [4.69, 9.17) is 10.5 Å². The van der Waals surface area contributed by atoms with Crippen LogP contribution in [0.25, 0.3) is 10.1 Å². The van der Waals surface area contributed by atoms with E-state index in [-0.39, 0.29) is 0 Å². The fraction of sp³-hybridized carbons (Fsp3) is 0.111. The summed E-state index contributed by atoms with van der Waals surface area (Å²) in [5, 5.41) is 3.41. The van der Waals surface area contributed by atoms with Gasteiger partial charge in [-0.1, -0.05) is 6.07 Å². The average molecular weight is 223 g/mol. The maximum atomic E-state index is 10.8. The molecule has 0 unspecified atom stereocenters. The highest BCUT2D eigenvalue weighted by Crippen LogP contribution is 2.33. The molecular weight excluding hydrogens is 214 g/mol. The first-order valence-corrected chi connectivity index (χ1v) is 4.98. The summed E-state index contributed by atoms with van der Waals surface area (Å²) in [5.74, 6) is 0.558. The maximum Gasteiger partial charge on any atom is 0.316 e. The Bertz CT molecular complexity index is 509. The third kappa shape index (κ3) is 1.71. The topological polar surface area (TPSA) is 77.2 Å². The first kappa shape index (κ1) is 9.72. The lowest BCUT2D eigenvalue weighted by molar-refractivity contribution is 0.259. The van der Waals surface area contributed by atoms with Crippen LogP contribution in [0.15, 0.2) is 18.2 Å². The summed E-state index contributed by atoms with van der Waals surface area (Å²) >= 11 is 1.26. The molecular formula is C9H9N3O2S. The Balaban J connectivity index is 2.56. The molecule has 0 atom stereocenters. The fourth-order valence-electron chi connectivity index (χ4n) is 1.32. The molecule has 2 aromatic rings. The Morgan fingerprint density at radius 2 is 2.40 bits per heavy atom. The standard InChI is InChI=1S/C9H9N3O2S/c1-14-8-5-3-2-4-6(11-9(10)13)7(5)15-12-8/h2-4H,1H3,(H3,10,11,13). The molecule has 0 saturated carbocycles. The highest BCUT2D eigenvalue weighted by atomic mass is 32.1. The van der Waals surface area contributed by atoms with E-state index in [9.17, 15) is 4.79 Å². The Morgan fingerprint density at radius 1 is 1.60 bits per heavy atom. The van der Waals surface area contributed by atoms with Crippen molar-refractivity contribution in [2.24, 2.45) is 5.73 Å². The van der Waals surface area contributed by atoms with Gasteiger partial charge in [0, 0.05) is 0 Å². The number of nitrogens with zero attached hydrogens (tertiary/aromatic N) is 1. The predicted molar refractivity (Wildman–Crippen MR) is 59.4 cm³/mol. The first-order valence-electron chi connectivity index (χ1n) is 4.21. The van der Waals surface area contributed by atoms with Crippen LogP contribution in [-0.4, -0.2) is 17.5 Å². The summed E-state index contributed by atoms with van der Waals surface area (Å²) in [6.07, 6.45) is 0. The van der Waals surface area contributed by atoms with E-state index in [0.717, 1.165) is 10.1 Å². The molecule has 0 saturated heterocycles. The minimum Gasteiger partial charge on any atom is -0.480 e. The number of nitrogens with one attached hydrogen (secondary N) is 1. The number of aromatic nitrogens is 1. The molecule has 1 aromatic heterocycles. The Labute approximate surface area is 90.0 Å². The number of rotatable bonds is 2. The van der Waals surface area contributed by atoms with Gasteiger partial charge >= 0.3 is 6.03 Å². The summed E-state index contributed by atoms with van der Waals surface area (Å²) < 4.78 is 10.0. The summed E-state index contributed by atoms with van der Waals surface area (Å²) in [4.78, 5) is 10.8. The second-order valence-corrected chi connectivity index (χ2v) is 3.64. The largest absolute Gasteiger partial charge is 0.480 e. The molecule has 6 heteroatoms. The monoisotopic (exact) mass is 223 g/mol. The molecule has 0 spiro atoms. The molecule has 0 aliphatic carbocycles. The molecule has 2 amide bonds. The van der Waals surface area contributed by atoms with Crippen LogP contribution in [0.4, 0.5) is 10.5 Å². The average Bonchev–Trinajstić information content (AvgIpc) is 2.61. The second kappa shape index (κ2) is 3.74. The number of nitrogens with two attached hydrogens (primary N) is 1. The van der Waals surface area contributed by atoms with Crippen LogP contribution in [0, 0.1) is 0 Å². The van der Waals surface area contributed by atoms with Crippen molar-refractivity contribution in [3.05, 3.63) is 18.2 Å². The Hall–Kier alpha value is -1.82. The van der Waals surface area contributed by atoms with Crippen molar-refractivity contribution < 1.29 is 9.53 Å². The van der Waals surface area contributed by atoms with E-state index in [2.05, 4.69) is 9.69 Å². The number of carbonyl (C=O) groups excluding carboxylic acids is 1. The number of ether oxygens (including phenoxy) is 1. The number of primary amides is 1. The number of methoxy groups -OCH3 is 1. The lowest BCUT2D eigenvalue weighted by Gasteiger charge is -2.01. The van der Waals surface area contributed by atoms with Crippen molar-refractivity contribution in [3.63, 3.8) is 0 Å². The maximum absolute atomic E-state index is 10.8. The van der Waals surface area contributed by atoms with Gasteiger partial charge in [0.1, 0.15) is 0 Å². The highest BCUT2D eigenvalue weighted by molar-refractivity contribution is 7.14. The highest BCUT2D eigenvalue weighted by Gasteiger charge is 2.10. The zero-order chi connectivity index (χ0) is 10.8. The van der Waals surface area contributed by atoms with Crippen molar-refractivity contribution in [1.29, 1.82) is 0 Å². The van der Waals surface area contributed by atoms with Crippen LogP contribution >= 0.6 is 11.5 Å². The van der Waals surface area contributed by atoms with E-state index >= 15 is 0 Å². The fourth-order valence-corrected chi connectivity index (χ4v) is 2.14. The smallest absolute Gasteiger partial charge is 0.316 e. The number of anilines is 1. The minimum atomic E-state index is -0.588. The molecule has 1 aromatic carbocycles. The van der Waals surface area contributed by atoms with E-state index in [1.54, 1.807) is 13.2 Å². The van der Waals surface area contributed by atoms with Gasteiger partial charge in [-0.15, -0.1) is 0 Å². The van der Waals surface area contributed by atoms with Gasteiger partial charge in [-0.3, -0.25) is 0 Å². The summed E-state index contributed by atoms with van der Waals surface area (Å²) in [6, 6.07) is 4.87. The van der Waals surface area contributed by atoms with Crippen LogP contribution in [-0.2, 0) is 0 Å². The lowest BCUT2D eigenvalue weighted by atomic mass is 10.2. The summed E-state index contributed by atoms with van der Waals surface area (Å²) in [6.45, 7) is 0. The number of benzene rings is 1. The van der Waals surface area contributed by atoms with Crippen molar-refractivity contribution in [1.82, 2.24) is 4.37 Å². The molecule has 15 heavy (non-hydrogen) atoms. The summed E-state index contributed by atoms with van der Waals surface area (Å²) in [5.41, 5.74) is 5.71. The third-order valence-corrected chi connectivity index (χ3v) is 2.80. The molecule has 5 nitrogen and oxygen atoms in total. The minimum absolute atomic E-state index is 0.558. The van der Waals surface area contributed by atoms with Gasteiger partial charge < -0.3 is 15.8 Å². The molecule has 0 aliphatic rings. The van der Waals surface area contributed by atoms with Crippen LogP contribution < -0.4 is 15.8 Å². The number of hydrogen-bond donors (Lipinski definition) is 2. The quantitative estimate of drug-likeness (QED) is 0.814. The van der Waals surface area contributed by atoms with Crippen molar-refractivity contribution >= 4 is 33.3 Å². The summed E-state index contributed by atoms with van der Waals surface area (Å²) in [7, 11) is 1.56. The van der Waals surface area contributed by atoms with Gasteiger partial charge in [-0.05, 0) is 23.7 Å². The predicted octanol–water partition coefficient (Wildman–Crippen LogP) is 1.80. The number of carbonyl (C=O) groups is 1. The van der Waals surface area contributed by atoms with Gasteiger partial charge in [0.25, 0.3) is 0 Å². The molecule has 0 aliphatic heterocycles. The second-order valence-electron chi connectivity index (χ2n) is 2.86. The molecule has 0 bridgehead atoms. The van der Waals surface area contributed by atoms with Crippen LogP contribution in [0.2, 0.25) is 0 Å². The number of urea groups is 1. The SMILES string of the molecule is COc1nsc2c(NC(N)=O)cccc12. The lowest BCUT2D eigenvalue weighted by Crippen LogP contribution is -2.19. The molecule has 3 N–H and O–H groups in total. The zero-order valence-electron chi connectivity index (χ0n) is 7.98. The van der Waals surface area contributed by atoms with Crippen molar-refractivity contribution in [3.8, 4) is 5.88 Å². The number of hydrogen-bond acceptors (Lipinski definition) is 4. The van der Waals surface area contributed by atoms with Gasteiger partial charge in [0.2, 0.25) is 5.88 Å². The van der Waals surface area contributed by atoms with E-state index in [1.165, 1.54) is 11.5 Å². The molecule has 2 rings (SSSR count). The van der Waals surface area contributed by atoms with Crippen molar-refractivity contribution in [2.75, 3.05) is 12.4 Å². The van der Waals surface area contributed by atoms with Crippen LogP contribution in [0.3, 0.4) is 0 Å². The molecule has 0 fully saturated rings. The van der Waals surface area contributed by atoms with E-state index in [0.29, 0.717) is 11.6 Å². The first-order chi connectivity index (χ1) is 7.22. The molecule has 0 radical (unpaired) electrons. The van der Waals surface area contributed by atoms with Gasteiger partial charge in [-0.25, -0.2) is 4.79 Å². The Kier molecular flexibility index (Phi) is 2.42. The number of amides is 2. The molecule has 78 valence electrons. The zero-order valence-corrected chi connectivity index (χ0v) is 8.80. The third-order valence-electron chi connectivity index (χ3n) is 1.92. The van der Waals surface area contributed by atoms with Gasteiger partial charge in [0.05, 0.1) is 22.9 Å². The van der Waals surface area contributed by atoms with Crippen LogP contribution in [0.5, 0.6) is 5.88 Å². The van der Waals surface area contributed by atoms with Crippen LogP contribution in [0.1, 0.15) is 0 Å². The van der Waals surface area contributed by atoms with Crippen molar-refractivity contribution in [2.45, 2.75) is 0 Å². The Morgan fingerprint density at radius 3 is 3.07 bits per heavy atom.